The maximum Gasteiger partial charge on any atom is 0.133 e. The van der Waals surface area contributed by atoms with E-state index in [0.29, 0.717) is 18.6 Å². The summed E-state index contributed by atoms with van der Waals surface area (Å²) in [5.41, 5.74) is 2.08. The van der Waals surface area contributed by atoms with E-state index >= 15 is 0 Å². The van der Waals surface area contributed by atoms with Crippen LogP contribution in [0.25, 0.3) is 0 Å². The molecule has 0 aliphatic carbocycles. The van der Waals surface area contributed by atoms with Gasteiger partial charge in [0, 0.05) is 19.9 Å². The molecular weight excluding hydrogens is 244 g/mol. The third-order valence-corrected chi connectivity index (χ3v) is 3.33. The van der Waals surface area contributed by atoms with Crippen LogP contribution in [0.2, 0.25) is 0 Å². The van der Waals surface area contributed by atoms with E-state index in [1.54, 1.807) is 0 Å². The lowest BCUT2D eigenvalue weighted by Crippen LogP contribution is -2.03. The smallest absolute Gasteiger partial charge is 0.133 e. The number of aromatic nitrogens is 2. The molecule has 0 fully saturated rings. The average Bonchev–Trinajstić information content (AvgIpc) is 2.39. The van der Waals surface area contributed by atoms with Gasteiger partial charge in [-0.1, -0.05) is 6.92 Å². The normalized spacial score (nSPS) is 10.6. The fraction of sp³-hybridized carbons (Fsp3) is 0.600. The molecule has 14 heavy (non-hydrogen) atoms. The molecule has 0 radical (unpaired) electrons. The van der Waals surface area contributed by atoms with Crippen LogP contribution in [0.15, 0.2) is 4.47 Å². The highest BCUT2D eigenvalue weighted by Gasteiger charge is 2.11. The molecule has 0 amide bonds. The number of aryl methyl sites for hydroxylation is 2. The SMILES string of the molecule is CCC(=O)CCc1c(Br)c(C)nn1C. The number of hydrogen-bond donors (Lipinski definition) is 0. The van der Waals surface area contributed by atoms with Crippen molar-refractivity contribution < 1.29 is 4.79 Å². The van der Waals surface area contributed by atoms with Gasteiger partial charge < -0.3 is 0 Å². The summed E-state index contributed by atoms with van der Waals surface area (Å²) in [6.45, 7) is 3.85. The maximum absolute atomic E-state index is 11.2. The number of ketones is 1. The molecule has 4 heteroatoms. The summed E-state index contributed by atoms with van der Waals surface area (Å²) in [7, 11) is 1.91. The van der Waals surface area contributed by atoms with Gasteiger partial charge in [0.2, 0.25) is 0 Å². The first-order valence-electron chi connectivity index (χ1n) is 4.76. The Balaban J connectivity index is 2.71. The zero-order valence-corrected chi connectivity index (χ0v) is 10.4. The van der Waals surface area contributed by atoms with Crippen molar-refractivity contribution in [2.24, 2.45) is 7.05 Å². The molecule has 78 valence electrons. The van der Waals surface area contributed by atoms with Crippen LogP contribution < -0.4 is 0 Å². The van der Waals surface area contributed by atoms with E-state index in [-0.39, 0.29) is 0 Å². The summed E-state index contributed by atoms with van der Waals surface area (Å²) in [6.07, 6.45) is 1.99. The summed E-state index contributed by atoms with van der Waals surface area (Å²) in [6, 6.07) is 0. The largest absolute Gasteiger partial charge is 0.300 e. The Morgan fingerprint density at radius 2 is 2.21 bits per heavy atom. The van der Waals surface area contributed by atoms with Crippen molar-refractivity contribution in [3.8, 4) is 0 Å². The van der Waals surface area contributed by atoms with E-state index in [9.17, 15) is 4.79 Å². The lowest BCUT2D eigenvalue weighted by atomic mass is 10.1. The molecular formula is C10H15BrN2O. The zero-order chi connectivity index (χ0) is 10.7. The molecule has 1 heterocycles. The number of rotatable bonds is 4. The van der Waals surface area contributed by atoms with Gasteiger partial charge in [0.1, 0.15) is 5.78 Å². The Kier molecular flexibility index (Phi) is 3.86. The second-order valence-electron chi connectivity index (χ2n) is 3.36. The highest BCUT2D eigenvalue weighted by atomic mass is 79.9. The van der Waals surface area contributed by atoms with E-state index in [2.05, 4.69) is 21.0 Å². The van der Waals surface area contributed by atoms with Crippen molar-refractivity contribution in [2.45, 2.75) is 33.1 Å². The standard InChI is InChI=1S/C10H15BrN2O/c1-4-8(14)5-6-9-10(11)7(2)12-13(9)3/h4-6H2,1-3H3. The topological polar surface area (TPSA) is 34.9 Å². The van der Waals surface area contributed by atoms with Crippen molar-refractivity contribution >= 4 is 21.7 Å². The average molecular weight is 259 g/mol. The van der Waals surface area contributed by atoms with Gasteiger partial charge in [-0.25, -0.2) is 0 Å². The van der Waals surface area contributed by atoms with E-state index in [4.69, 9.17) is 0 Å². The zero-order valence-electron chi connectivity index (χ0n) is 8.80. The molecule has 0 N–H and O–H groups in total. The number of carbonyl (C=O) groups is 1. The van der Waals surface area contributed by atoms with Crippen molar-refractivity contribution in [3.63, 3.8) is 0 Å². The molecule has 0 aromatic carbocycles. The molecule has 1 aromatic rings. The fourth-order valence-electron chi connectivity index (χ4n) is 1.39. The fourth-order valence-corrected chi connectivity index (χ4v) is 1.92. The third kappa shape index (κ3) is 2.44. The summed E-state index contributed by atoms with van der Waals surface area (Å²) in [5, 5.41) is 4.27. The van der Waals surface area contributed by atoms with Gasteiger partial charge in [-0.15, -0.1) is 0 Å². The Morgan fingerprint density at radius 3 is 2.64 bits per heavy atom. The number of nitrogens with zero attached hydrogens (tertiary/aromatic N) is 2. The van der Waals surface area contributed by atoms with Crippen molar-refractivity contribution in [1.82, 2.24) is 9.78 Å². The van der Waals surface area contributed by atoms with Crippen molar-refractivity contribution in [2.75, 3.05) is 0 Å². The van der Waals surface area contributed by atoms with Crippen LogP contribution in [-0.4, -0.2) is 15.6 Å². The van der Waals surface area contributed by atoms with Crippen molar-refractivity contribution in [1.29, 1.82) is 0 Å². The van der Waals surface area contributed by atoms with E-state index < -0.39 is 0 Å². The molecule has 0 saturated carbocycles. The molecule has 0 saturated heterocycles. The van der Waals surface area contributed by atoms with Gasteiger partial charge in [0.15, 0.2) is 0 Å². The van der Waals surface area contributed by atoms with Gasteiger partial charge in [-0.05, 0) is 29.3 Å². The van der Waals surface area contributed by atoms with E-state index in [1.807, 2.05) is 25.6 Å². The van der Waals surface area contributed by atoms with Crippen LogP contribution >= 0.6 is 15.9 Å². The molecule has 0 spiro atoms. The number of hydrogen-bond acceptors (Lipinski definition) is 2. The molecule has 1 rings (SSSR count). The summed E-state index contributed by atoms with van der Waals surface area (Å²) < 4.78 is 2.87. The molecule has 0 aliphatic heterocycles. The molecule has 1 aromatic heterocycles. The molecule has 0 aliphatic rings. The van der Waals surface area contributed by atoms with Gasteiger partial charge in [0.05, 0.1) is 15.9 Å². The van der Waals surface area contributed by atoms with E-state index in [1.165, 1.54) is 0 Å². The van der Waals surface area contributed by atoms with Crippen LogP contribution in [0.3, 0.4) is 0 Å². The molecule has 0 unspecified atom stereocenters. The highest BCUT2D eigenvalue weighted by molar-refractivity contribution is 9.10. The Bertz CT molecular complexity index is 344. The monoisotopic (exact) mass is 258 g/mol. The molecule has 0 atom stereocenters. The highest BCUT2D eigenvalue weighted by Crippen LogP contribution is 2.21. The maximum atomic E-state index is 11.2. The first-order chi connectivity index (χ1) is 6.56. The van der Waals surface area contributed by atoms with Crippen LogP contribution in [0.1, 0.15) is 31.2 Å². The van der Waals surface area contributed by atoms with Crippen LogP contribution in [-0.2, 0) is 18.3 Å². The Hall–Kier alpha value is -0.640. The predicted molar refractivity (Wildman–Crippen MR) is 59.3 cm³/mol. The van der Waals surface area contributed by atoms with E-state index in [0.717, 1.165) is 22.3 Å². The van der Waals surface area contributed by atoms with Gasteiger partial charge in [-0.3, -0.25) is 9.48 Å². The summed E-state index contributed by atoms with van der Waals surface area (Å²) in [5.74, 6) is 0.302. The number of carbonyl (C=O) groups excluding carboxylic acids is 1. The second-order valence-corrected chi connectivity index (χ2v) is 4.15. The second kappa shape index (κ2) is 4.73. The van der Waals surface area contributed by atoms with Gasteiger partial charge >= 0.3 is 0 Å². The van der Waals surface area contributed by atoms with Crippen molar-refractivity contribution in [3.05, 3.63) is 15.9 Å². The summed E-state index contributed by atoms with van der Waals surface area (Å²) >= 11 is 3.48. The minimum absolute atomic E-state index is 0.302. The number of halogens is 1. The Labute approximate surface area is 92.6 Å². The van der Waals surface area contributed by atoms with Gasteiger partial charge in [-0.2, -0.15) is 5.10 Å². The number of Topliss-reactive ketones (excluding diaryl/α,β-unsaturated/α-hetero) is 1. The lowest BCUT2D eigenvalue weighted by molar-refractivity contribution is -0.118. The molecule has 0 bridgehead atoms. The first kappa shape index (κ1) is 11.4. The van der Waals surface area contributed by atoms with Crippen LogP contribution in [0.4, 0.5) is 0 Å². The van der Waals surface area contributed by atoms with Gasteiger partial charge in [0.25, 0.3) is 0 Å². The summed E-state index contributed by atoms with van der Waals surface area (Å²) in [4.78, 5) is 11.2. The first-order valence-corrected chi connectivity index (χ1v) is 5.55. The Morgan fingerprint density at radius 1 is 1.57 bits per heavy atom. The van der Waals surface area contributed by atoms with Crippen LogP contribution in [0, 0.1) is 6.92 Å². The minimum atomic E-state index is 0.302. The predicted octanol–water partition coefficient (Wildman–Crippen LogP) is 2.40. The lowest BCUT2D eigenvalue weighted by Gasteiger charge is -2.01. The third-order valence-electron chi connectivity index (χ3n) is 2.30. The molecule has 3 nitrogen and oxygen atoms in total. The van der Waals surface area contributed by atoms with Crippen LogP contribution in [0.5, 0.6) is 0 Å². The quantitative estimate of drug-likeness (QED) is 0.832. The minimum Gasteiger partial charge on any atom is -0.300 e.